The van der Waals surface area contributed by atoms with Gasteiger partial charge in [0, 0.05) is 18.0 Å². The SMILES string of the molecule is CC[C@H](C)NC(=O)/C=C/c1ccc([C@H]2C[C@@H]2C)o1. The molecule has 3 heteroatoms. The zero-order chi connectivity index (χ0) is 13.1. The first-order valence-electron chi connectivity index (χ1n) is 6.68. The van der Waals surface area contributed by atoms with Crippen LogP contribution in [0.4, 0.5) is 0 Å². The Morgan fingerprint density at radius 1 is 1.61 bits per heavy atom. The Morgan fingerprint density at radius 2 is 2.33 bits per heavy atom. The van der Waals surface area contributed by atoms with Crippen LogP contribution in [0, 0.1) is 5.92 Å². The minimum absolute atomic E-state index is 0.0675. The summed E-state index contributed by atoms with van der Waals surface area (Å²) in [5, 5.41) is 2.88. The highest BCUT2D eigenvalue weighted by molar-refractivity contribution is 5.91. The van der Waals surface area contributed by atoms with E-state index in [-0.39, 0.29) is 11.9 Å². The predicted molar refractivity (Wildman–Crippen MR) is 72.2 cm³/mol. The van der Waals surface area contributed by atoms with E-state index in [2.05, 4.69) is 12.2 Å². The fourth-order valence-corrected chi connectivity index (χ4v) is 1.93. The van der Waals surface area contributed by atoms with E-state index in [1.54, 1.807) is 6.08 Å². The second-order valence-electron chi connectivity index (χ2n) is 5.21. The monoisotopic (exact) mass is 247 g/mol. The fraction of sp³-hybridized carbons (Fsp3) is 0.533. The van der Waals surface area contributed by atoms with Crippen molar-refractivity contribution in [2.24, 2.45) is 5.92 Å². The molecule has 0 aromatic carbocycles. The molecular formula is C15H21NO2. The fourth-order valence-electron chi connectivity index (χ4n) is 1.93. The molecule has 1 heterocycles. The maximum atomic E-state index is 11.6. The van der Waals surface area contributed by atoms with Crippen molar-refractivity contribution < 1.29 is 9.21 Å². The molecule has 1 saturated carbocycles. The molecule has 3 atom stereocenters. The number of nitrogens with one attached hydrogen (secondary N) is 1. The van der Waals surface area contributed by atoms with Crippen molar-refractivity contribution in [1.29, 1.82) is 0 Å². The molecule has 18 heavy (non-hydrogen) atoms. The summed E-state index contributed by atoms with van der Waals surface area (Å²) < 4.78 is 5.69. The van der Waals surface area contributed by atoms with Crippen LogP contribution in [0.15, 0.2) is 22.6 Å². The average Bonchev–Trinajstić information content (AvgIpc) is 2.90. The van der Waals surface area contributed by atoms with Crippen molar-refractivity contribution >= 4 is 12.0 Å². The average molecular weight is 247 g/mol. The van der Waals surface area contributed by atoms with Gasteiger partial charge < -0.3 is 9.73 Å². The lowest BCUT2D eigenvalue weighted by Crippen LogP contribution is -2.30. The molecular weight excluding hydrogens is 226 g/mol. The van der Waals surface area contributed by atoms with Crippen molar-refractivity contribution in [3.05, 3.63) is 29.7 Å². The van der Waals surface area contributed by atoms with E-state index in [1.807, 2.05) is 26.0 Å². The molecule has 2 rings (SSSR count). The maximum absolute atomic E-state index is 11.6. The number of carbonyl (C=O) groups is 1. The number of hydrogen-bond acceptors (Lipinski definition) is 2. The summed E-state index contributed by atoms with van der Waals surface area (Å²) in [5.41, 5.74) is 0. The molecule has 1 aromatic rings. The highest BCUT2D eigenvalue weighted by atomic mass is 16.3. The molecule has 98 valence electrons. The van der Waals surface area contributed by atoms with Gasteiger partial charge in [0.2, 0.25) is 5.91 Å². The first-order valence-corrected chi connectivity index (χ1v) is 6.68. The summed E-state index contributed by atoms with van der Waals surface area (Å²) in [4.78, 5) is 11.6. The van der Waals surface area contributed by atoms with Crippen LogP contribution >= 0.6 is 0 Å². The van der Waals surface area contributed by atoms with Crippen molar-refractivity contribution in [3.63, 3.8) is 0 Å². The van der Waals surface area contributed by atoms with Gasteiger partial charge in [-0.1, -0.05) is 13.8 Å². The van der Waals surface area contributed by atoms with Gasteiger partial charge in [0.05, 0.1) is 0 Å². The van der Waals surface area contributed by atoms with Gasteiger partial charge in [0.1, 0.15) is 11.5 Å². The lowest BCUT2D eigenvalue weighted by atomic mass is 10.2. The zero-order valence-corrected chi connectivity index (χ0v) is 11.3. The largest absolute Gasteiger partial charge is 0.461 e. The van der Waals surface area contributed by atoms with Crippen molar-refractivity contribution in [3.8, 4) is 0 Å². The molecule has 1 aromatic heterocycles. The summed E-state index contributed by atoms with van der Waals surface area (Å²) in [6, 6.07) is 4.15. The van der Waals surface area contributed by atoms with Gasteiger partial charge >= 0.3 is 0 Å². The molecule has 0 radical (unpaired) electrons. The minimum atomic E-state index is -0.0675. The lowest BCUT2D eigenvalue weighted by molar-refractivity contribution is -0.117. The van der Waals surface area contributed by atoms with Gasteiger partial charge in [0.15, 0.2) is 0 Å². The van der Waals surface area contributed by atoms with E-state index in [0.29, 0.717) is 5.92 Å². The third-order valence-electron chi connectivity index (χ3n) is 3.52. The van der Waals surface area contributed by atoms with E-state index in [0.717, 1.165) is 23.9 Å². The summed E-state index contributed by atoms with van der Waals surface area (Å²) >= 11 is 0. The molecule has 0 unspecified atom stereocenters. The zero-order valence-electron chi connectivity index (χ0n) is 11.3. The van der Waals surface area contributed by atoms with E-state index in [9.17, 15) is 4.79 Å². The topological polar surface area (TPSA) is 42.2 Å². The first kappa shape index (κ1) is 12.9. The second kappa shape index (κ2) is 5.42. The number of amides is 1. The van der Waals surface area contributed by atoms with Crippen LogP contribution in [-0.2, 0) is 4.79 Å². The molecule has 1 fully saturated rings. The summed E-state index contributed by atoms with van der Waals surface area (Å²) in [6.07, 6.45) is 5.41. The lowest BCUT2D eigenvalue weighted by Gasteiger charge is -2.08. The van der Waals surface area contributed by atoms with Crippen LogP contribution in [0.25, 0.3) is 6.08 Å². The van der Waals surface area contributed by atoms with Gasteiger partial charge in [-0.15, -0.1) is 0 Å². The molecule has 1 aliphatic carbocycles. The Bertz CT molecular complexity index is 447. The highest BCUT2D eigenvalue weighted by Gasteiger charge is 2.36. The summed E-state index contributed by atoms with van der Waals surface area (Å²) in [6.45, 7) is 6.26. The van der Waals surface area contributed by atoms with Gasteiger partial charge in [-0.3, -0.25) is 4.79 Å². The molecule has 1 N–H and O–H groups in total. The number of hydrogen-bond donors (Lipinski definition) is 1. The quantitative estimate of drug-likeness (QED) is 0.811. The van der Waals surface area contributed by atoms with E-state index in [4.69, 9.17) is 4.42 Å². The Labute approximate surface area is 108 Å². The number of carbonyl (C=O) groups excluding carboxylic acids is 1. The Morgan fingerprint density at radius 3 is 2.94 bits per heavy atom. The summed E-state index contributed by atoms with van der Waals surface area (Å²) in [7, 11) is 0. The first-order chi connectivity index (χ1) is 8.60. The Balaban J connectivity index is 1.88. The molecule has 0 spiro atoms. The van der Waals surface area contributed by atoms with Crippen LogP contribution < -0.4 is 5.32 Å². The number of furan rings is 1. The third kappa shape index (κ3) is 3.25. The van der Waals surface area contributed by atoms with Crippen molar-refractivity contribution in [2.75, 3.05) is 0 Å². The molecule has 3 nitrogen and oxygen atoms in total. The second-order valence-corrected chi connectivity index (χ2v) is 5.21. The van der Waals surface area contributed by atoms with Crippen LogP contribution in [-0.4, -0.2) is 11.9 Å². The molecule has 0 saturated heterocycles. The van der Waals surface area contributed by atoms with Crippen LogP contribution in [0.2, 0.25) is 0 Å². The van der Waals surface area contributed by atoms with Crippen LogP contribution in [0.1, 0.15) is 51.1 Å². The smallest absolute Gasteiger partial charge is 0.244 e. The molecule has 0 aliphatic heterocycles. The number of rotatable bonds is 5. The third-order valence-corrected chi connectivity index (χ3v) is 3.52. The highest BCUT2D eigenvalue weighted by Crippen LogP contribution is 2.47. The van der Waals surface area contributed by atoms with Gasteiger partial charge in [-0.25, -0.2) is 0 Å². The normalized spacial score (nSPS) is 24.2. The van der Waals surface area contributed by atoms with Crippen molar-refractivity contribution in [1.82, 2.24) is 5.32 Å². The van der Waals surface area contributed by atoms with Gasteiger partial charge in [0.25, 0.3) is 0 Å². The molecule has 1 aliphatic rings. The summed E-state index contributed by atoms with van der Waals surface area (Å²) in [5.74, 6) is 3.05. The standard InChI is InChI=1S/C15H21NO2/c1-4-11(3)16-15(17)8-6-12-5-7-14(18-12)13-9-10(13)2/h5-8,10-11,13H,4,9H2,1-3H3,(H,16,17)/b8-6+/t10-,11-,13-/m0/s1. The van der Waals surface area contributed by atoms with E-state index >= 15 is 0 Å². The van der Waals surface area contributed by atoms with Crippen LogP contribution in [0.3, 0.4) is 0 Å². The van der Waals surface area contributed by atoms with Crippen LogP contribution in [0.5, 0.6) is 0 Å². The minimum Gasteiger partial charge on any atom is -0.461 e. The molecule has 1 amide bonds. The van der Waals surface area contributed by atoms with Gasteiger partial charge in [-0.05, 0) is 43.9 Å². The van der Waals surface area contributed by atoms with Gasteiger partial charge in [-0.2, -0.15) is 0 Å². The Kier molecular flexibility index (Phi) is 3.90. The Hall–Kier alpha value is -1.51. The molecule has 0 bridgehead atoms. The van der Waals surface area contributed by atoms with E-state index in [1.165, 1.54) is 12.5 Å². The van der Waals surface area contributed by atoms with E-state index < -0.39 is 0 Å². The van der Waals surface area contributed by atoms with Crippen molar-refractivity contribution in [2.45, 2.75) is 45.6 Å². The maximum Gasteiger partial charge on any atom is 0.244 e. The predicted octanol–water partition coefficient (Wildman–Crippen LogP) is 3.33.